The monoisotopic (exact) mass is 452 g/mol. The molecule has 0 aliphatic carbocycles. The molecule has 2 unspecified atom stereocenters. The summed E-state index contributed by atoms with van der Waals surface area (Å²) in [6.07, 6.45) is 11.9. The van der Waals surface area contributed by atoms with Gasteiger partial charge in [-0.15, -0.1) is 21.5 Å². The predicted octanol–water partition coefficient (Wildman–Crippen LogP) is 8.41. The van der Waals surface area contributed by atoms with Gasteiger partial charge in [0.2, 0.25) is 5.82 Å². The van der Waals surface area contributed by atoms with Crippen LogP contribution in [0.5, 0.6) is 5.75 Å². The van der Waals surface area contributed by atoms with Crippen LogP contribution in [0.1, 0.15) is 114 Å². The highest BCUT2D eigenvalue weighted by Gasteiger charge is 2.21. The Morgan fingerprint density at radius 1 is 0.903 bits per heavy atom. The van der Waals surface area contributed by atoms with Crippen LogP contribution in [0.15, 0.2) is 17.6 Å². The van der Waals surface area contributed by atoms with Crippen molar-refractivity contribution in [3.8, 4) is 5.75 Å². The maximum Gasteiger partial charge on any atom is 0.200 e. The summed E-state index contributed by atoms with van der Waals surface area (Å²) in [5, 5.41) is 9.19. The minimum absolute atomic E-state index is 0.0251. The van der Waals surface area contributed by atoms with E-state index in [9.17, 15) is 8.78 Å². The van der Waals surface area contributed by atoms with Gasteiger partial charge in [-0.05, 0) is 43.2 Å². The topological polar surface area (TPSA) is 35.0 Å². The number of unbranched alkanes of at least 4 members (excludes halogenated alkanes) is 6. The molecule has 3 nitrogen and oxygen atoms in total. The molecule has 1 aromatic carbocycles. The Labute approximate surface area is 190 Å². The number of aromatic nitrogens is 2. The summed E-state index contributed by atoms with van der Waals surface area (Å²) in [6.45, 7) is 6.74. The van der Waals surface area contributed by atoms with Gasteiger partial charge in [0.15, 0.2) is 11.6 Å². The first kappa shape index (κ1) is 25.7. The number of ether oxygens (including phenoxy) is 1. The van der Waals surface area contributed by atoms with E-state index in [4.69, 9.17) is 4.74 Å². The van der Waals surface area contributed by atoms with Crippen molar-refractivity contribution in [1.82, 2.24) is 10.2 Å². The fraction of sp³-hybridized carbons (Fsp3) is 0.680. The largest absolute Gasteiger partial charge is 0.490 e. The number of rotatable bonds is 16. The molecule has 0 saturated carbocycles. The van der Waals surface area contributed by atoms with Crippen LogP contribution in [0, 0.1) is 11.6 Å². The molecule has 6 heteroatoms. The summed E-state index contributed by atoms with van der Waals surface area (Å²) in [7, 11) is 0. The molecule has 0 aliphatic rings. The maximum absolute atomic E-state index is 14.7. The fourth-order valence-corrected chi connectivity index (χ4v) is 4.71. The summed E-state index contributed by atoms with van der Waals surface area (Å²) in [5.74, 6) is -1.34. The van der Waals surface area contributed by atoms with Gasteiger partial charge in [0, 0.05) is 5.92 Å². The van der Waals surface area contributed by atoms with Crippen molar-refractivity contribution < 1.29 is 13.5 Å². The zero-order valence-corrected chi connectivity index (χ0v) is 20.2. The molecule has 0 fully saturated rings. The van der Waals surface area contributed by atoms with Gasteiger partial charge < -0.3 is 4.74 Å². The van der Waals surface area contributed by atoms with Crippen molar-refractivity contribution in [3.05, 3.63) is 39.8 Å². The molecule has 2 rings (SSSR count). The molecule has 174 valence electrons. The predicted molar refractivity (Wildman–Crippen MR) is 125 cm³/mol. The third-order valence-electron chi connectivity index (χ3n) is 5.92. The van der Waals surface area contributed by atoms with Crippen molar-refractivity contribution >= 4 is 11.3 Å². The van der Waals surface area contributed by atoms with E-state index in [2.05, 4.69) is 24.0 Å². The first-order valence-electron chi connectivity index (χ1n) is 11.9. The highest BCUT2D eigenvalue weighted by Crippen LogP contribution is 2.34. The van der Waals surface area contributed by atoms with Crippen LogP contribution in [-0.2, 0) is 0 Å². The fourth-order valence-electron chi connectivity index (χ4n) is 3.99. The molecule has 0 aliphatic heterocycles. The van der Waals surface area contributed by atoms with Crippen molar-refractivity contribution in [1.29, 1.82) is 0 Å². The molecule has 0 N–H and O–H groups in total. The van der Waals surface area contributed by atoms with Gasteiger partial charge in [-0.1, -0.05) is 71.8 Å². The third-order valence-corrected chi connectivity index (χ3v) is 6.78. The van der Waals surface area contributed by atoms with Crippen LogP contribution in [0.2, 0.25) is 0 Å². The lowest BCUT2D eigenvalue weighted by molar-refractivity contribution is 0.284. The normalized spacial score (nSPS) is 13.3. The first-order chi connectivity index (χ1) is 15.1. The van der Waals surface area contributed by atoms with Crippen molar-refractivity contribution in [2.75, 3.05) is 6.61 Å². The van der Waals surface area contributed by atoms with Gasteiger partial charge in [0.25, 0.3) is 0 Å². The highest BCUT2D eigenvalue weighted by molar-refractivity contribution is 7.09. The Bertz CT molecular complexity index is 739. The van der Waals surface area contributed by atoms with E-state index < -0.39 is 11.6 Å². The van der Waals surface area contributed by atoms with Crippen LogP contribution in [0.3, 0.4) is 0 Å². The minimum atomic E-state index is -0.860. The van der Waals surface area contributed by atoms with Crippen molar-refractivity contribution in [2.24, 2.45) is 0 Å². The van der Waals surface area contributed by atoms with E-state index in [1.54, 1.807) is 29.0 Å². The molecule has 0 radical (unpaired) electrons. The lowest BCUT2D eigenvalue weighted by Crippen LogP contribution is -2.06. The Balaban J connectivity index is 1.83. The van der Waals surface area contributed by atoms with Crippen molar-refractivity contribution in [3.63, 3.8) is 0 Å². The summed E-state index contributed by atoms with van der Waals surface area (Å²) in [4.78, 5) is 0. The van der Waals surface area contributed by atoms with E-state index in [-0.39, 0.29) is 11.7 Å². The average molecular weight is 453 g/mol. The molecule has 1 aromatic heterocycles. The number of hydrogen-bond donors (Lipinski definition) is 0. The first-order valence-corrected chi connectivity index (χ1v) is 12.8. The molecule has 1 heterocycles. The van der Waals surface area contributed by atoms with E-state index in [0.29, 0.717) is 18.1 Å². The van der Waals surface area contributed by atoms with Gasteiger partial charge in [-0.3, -0.25) is 0 Å². The van der Waals surface area contributed by atoms with Crippen LogP contribution >= 0.6 is 11.3 Å². The minimum Gasteiger partial charge on any atom is -0.490 e. The molecule has 2 aromatic rings. The van der Waals surface area contributed by atoms with Crippen LogP contribution in [-0.4, -0.2) is 16.8 Å². The lowest BCUT2D eigenvalue weighted by atomic mass is 9.89. The summed E-state index contributed by atoms with van der Waals surface area (Å²) in [5.41, 5.74) is 2.18. The standard InChI is InChI=1S/C25H38F2N2OS/c1-4-6-7-8-9-10-11-17-30-22-16-15-21(23(26)24(22)27)19(3)13-14-20(12-5-2)25-29-28-18-31-25/h15-16,18-20H,4-14,17H2,1-3H3. The molecule has 0 saturated heterocycles. The van der Waals surface area contributed by atoms with Crippen LogP contribution in [0.4, 0.5) is 8.78 Å². The Hall–Kier alpha value is -1.56. The number of halogens is 2. The molecule has 0 amide bonds. The zero-order valence-electron chi connectivity index (χ0n) is 19.3. The SMILES string of the molecule is CCCCCCCCCOc1ccc(C(C)CCC(CCC)c2nncs2)c(F)c1F. The van der Waals surface area contributed by atoms with E-state index >= 15 is 0 Å². The number of nitrogens with zero attached hydrogens (tertiary/aromatic N) is 2. The van der Waals surface area contributed by atoms with E-state index in [0.717, 1.165) is 43.5 Å². The molecule has 31 heavy (non-hydrogen) atoms. The van der Waals surface area contributed by atoms with Gasteiger partial charge in [-0.25, -0.2) is 4.39 Å². The second kappa shape index (κ2) is 14.5. The second-order valence-corrected chi connectivity index (χ2v) is 9.36. The summed E-state index contributed by atoms with van der Waals surface area (Å²) < 4.78 is 34.8. The maximum atomic E-state index is 14.7. The van der Waals surface area contributed by atoms with Gasteiger partial charge >= 0.3 is 0 Å². The number of benzene rings is 1. The average Bonchev–Trinajstić information content (AvgIpc) is 3.30. The Kier molecular flexibility index (Phi) is 12.0. The molecule has 0 spiro atoms. The molecule has 2 atom stereocenters. The number of hydrogen-bond acceptors (Lipinski definition) is 4. The van der Waals surface area contributed by atoms with Gasteiger partial charge in [-0.2, -0.15) is 4.39 Å². The van der Waals surface area contributed by atoms with Crippen LogP contribution in [0.25, 0.3) is 0 Å². The molecular formula is C25H38F2N2OS. The Morgan fingerprint density at radius 3 is 2.32 bits per heavy atom. The van der Waals surface area contributed by atoms with E-state index in [1.807, 2.05) is 6.92 Å². The second-order valence-electron chi connectivity index (χ2n) is 8.49. The Morgan fingerprint density at radius 2 is 1.65 bits per heavy atom. The van der Waals surface area contributed by atoms with Gasteiger partial charge in [0.1, 0.15) is 10.5 Å². The smallest absolute Gasteiger partial charge is 0.200 e. The third kappa shape index (κ3) is 8.47. The zero-order chi connectivity index (χ0) is 22.5. The van der Waals surface area contributed by atoms with Crippen LogP contribution < -0.4 is 4.74 Å². The quantitative estimate of drug-likeness (QED) is 0.240. The highest BCUT2D eigenvalue weighted by atomic mass is 32.1. The summed E-state index contributed by atoms with van der Waals surface area (Å²) in [6, 6.07) is 3.27. The van der Waals surface area contributed by atoms with Gasteiger partial charge in [0.05, 0.1) is 6.61 Å². The van der Waals surface area contributed by atoms with Crippen molar-refractivity contribution in [2.45, 2.75) is 103 Å². The lowest BCUT2D eigenvalue weighted by Gasteiger charge is -2.18. The van der Waals surface area contributed by atoms with E-state index in [1.165, 1.54) is 32.1 Å². The summed E-state index contributed by atoms with van der Waals surface area (Å²) >= 11 is 1.57. The molecular weight excluding hydrogens is 414 g/mol. The molecule has 0 bridgehead atoms.